The van der Waals surface area contributed by atoms with Gasteiger partial charge in [-0.3, -0.25) is 4.79 Å². The number of allylic oxidation sites excluding steroid dienone is 2. The molecule has 2 rings (SSSR count). The second-order valence-corrected chi connectivity index (χ2v) is 8.22. The Bertz CT molecular complexity index is 664. The van der Waals surface area contributed by atoms with Crippen molar-refractivity contribution in [3.8, 4) is 5.75 Å². The molecule has 0 amide bonds. The van der Waals surface area contributed by atoms with Crippen LogP contribution in [0.4, 0.5) is 0 Å². The summed E-state index contributed by atoms with van der Waals surface area (Å²) in [4.78, 5) is 10.5. The van der Waals surface area contributed by atoms with Crippen LogP contribution < -0.4 is 4.74 Å². The van der Waals surface area contributed by atoms with Gasteiger partial charge in [0.25, 0.3) is 0 Å². The van der Waals surface area contributed by atoms with Crippen molar-refractivity contribution in [3.05, 3.63) is 40.9 Å². The Morgan fingerprint density at radius 1 is 1.25 bits per heavy atom. The zero-order chi connectivity index (χ0) is 20.5. The summed E-state index contributed by atoms with van der Waals surface area (Å²) in [5.41, 5.74) is 0.896. The van der Waals surface area contributed by atoms with Gasteiger partial charge in [-0.25, -0.2) is 0 Å². The third-order valence-corrected chi connectivity index (χ3v) is 5.81. The monoisotopic (exact) mass is 430 g/mol. The third kappa shape index (κ3) is 7.28. The van der Waals surface area contributed by atoms with Gasteiger partial charge in [-0.15, -0.1) is 11.6 Å². The standard InChI is InChI=1S/C21H28Cl2O5/c22-15-9-14(7-8-24)10-16(11-15)28-13-18-17(19(23)12-20(18)25)5-3-1-2-4-6-21(26)27/h1,3,9-11,17-20,24-25H,2,4-8,12-13H2,(H,26,27)/t17-,18-,19-,20-/m1/s1. The first-order chi connectivity index (χ1) is 13.4. The van der Waals surface area contributed by atoms with Crippen molar-refractivity contribution < 1.29 is 24.9 Å². The molecule has 0 unspecified atom stereocenters. The molecule has 4 atom stereocenters. The number of ether oxygens (including phenoxy) is 1. The SMILES string of the molecule is O=C(O)CCCC=CC[C@@H]1[C@@H](COc2cc(Cl)cc(CCO)c2)[C@H](O)C[C@H]1Cl. The summed E-state index contributed by atoms with van der Waals surface area (Å²) in [6.45, 7) is 0.372. The maximum Gasteiger partial charge on any atom is 0.303 e. The summed E-state index contributed by atoms with van der Waals surface area (Å²) in [5, 5.41) is 28.6. The molecule has 0 radical (unpaired) electrons. The van der Waals surface area contributed by atoms with Crippen LogP contribution in [0.1, 0.15) is 37.7 Å². The Kier molecular flexibility index (Phi) is 9.59. The van der Waals surface area contributed by atoms with Crippen LogP contribution >= 0.6 is 23.2 Å². The van der Waals surface area contributed by atoms with Gasteiger partial charge in [0.15, 0.2) is 0 Å². The number of carbonyl (C=O) groups is 1. The minimum absolute atomic E-state index is 0.0376. The summed E-state index contributed by atoms with van der Waals surface area (Å²) >= 11 is 12.6. The molecule has 1 aliphatic rings. The average Bonchev–Trinajstić information content (AvgIpc) is 2.88. The quantitative estimate of drug-likeness (QED) is 0.280. The molecule has 1 aromatic rings. The van der Waals surface area contributed by atoms with E-state index in [4.69, 9.17) is 38.2 Å². The minimum Gasteiger partial charge on any atom is -0.493 e. The largest absolute Gasteiger partial charge is 0.493 e. The van der Waals surface area contributed by atoms with Crippen molar-refractivity contribution in [1.29, 1.82) is 0 Å². The summed E-state index contributed by atoms with van der Waals surface area (Å²) < 4.78 is 5.90. The van der Waals surface area contributed by atoms with E-state index in [2.05, 4.69) is 0 Å². The van der Waals surface area contributed by atoms with Gasteiger partial charge in [-0.05, 0) is 61.8 Å². The third-order valence-electron chi connectivity index (χ3n) is 5.09. The van der Waals surface area contributed by atoms with Crippen molar-refractivity contribution in [3.63, 3.8) is 0 Å². The fraction of sp³-hybridized carbons (Fsp3) is 0.571. The van der Waals surface area contributed by atoms with Gasteiger partial charge in [-0.1, -0.05) is 23.8 Å². The highest BCUT2D eigenvalue weighted by molar-refractivity contribution is 6.30. The Morgan fingerprint density at radius 3 is 2.75 bits per heavy atom. The van der Waals surface area contributed by atoms with Crippen molar-refractivity contribution in [2.45, 2.75) is 50.0 Å². The molecule has 0 spiro atoms. The second-order valence-electron chi connectivity index (χ2n) is 7.22. The molecule has 3 N–H and O–H groups in total. The topological polar surface area (TPSA) is 87.0 Å². The van der Waals surface area contributed by atoms with E-state index in [1.165, 1.54) is 0 Å². The van der Waals surface area contributed by atoms with Gasteiger partial charge >= 0.3 is 5.97 Å². The minimum atomic E-state index is -0.784. The molecule has 156 valence electrons. The van der Waals surface area contributed by atoms with E-state index >= 15 is 0 Å². The molecule has 1 aliphatic carbocycles. The number of carboxylic acids is 1. The van der Waals surface area contributed by atoms with E-state index in [1.54, 1.807) is 12.1 Å². The Balaban J connectivity index is 1.91. The van der Waals surface area contributed by atoms with E-state index in [9.17, 15) is 9.90 Å². The van der Waals surface area contributed by atoms with Crippen molar-refractivity contribution in [1.82, 2.24) is 0 Å². The second kappa shape index (κ2) is 11.7. The first kappa shape index (κ1) is 23.0. The van der Waals surface area contributed by atoms with Crippen LogP contribution in [0.3, 0.4) is 0 Å². The normalized spacial score (nSPS) is 24.7. The fourth-order valence-electron chi connectivity index (χ4n) is 3.60. The zero-order valence-electron chi connectivity index (χ0n) is 15.8. The predicted octanol–water partition coefficient (Wildman–Crippen LogP) is 4.06. The number of aliphatic carboxylic acids is 1. The number of hydrogen-bond acceptors (Lipinski definition) is 4. The lowest BCUT2D eigenvalue weighted by Crippen LogP contribution is -2.27. The molecule has 1 fully saturated rings. The van der Waals surface area contributed by atoms with E-state index in [1.807, 2.05) is 18.2 Å². The number of carboxylic acid groups (broad SMARTS) is 1. The molecule has 1 aromatic carbocycles. The fourth-order valence-corrected chi connectivity index (χ4v) is 4.32. The maximum atomic E-state index is 10.5. The summed E-state index contributed by atoms with van der Waals surface area (Å²) in [6.07, 6.45) is 6.71. The highest BCUT2D eigenvalue weighted by atomic mass is 35.5. The van der Waals surface area contributed by atoms with Crippen LogP contribution in [-0.2, 0) is 11.2 Å². The Hall–Kier alpha value is -1.27. The van der Waals surface area contributed by atoms with Gasteiger partial charge in [0, 0.05) is 29.3 Å². The van der Waals surface area contributed by atoms with Crippen molar-refractivity contribution in [2.24, 2.45) is 11.8 Å². The van der Waals surface area contributed by atoms with Crippen molar-refractivity contribution >= 4 is 29.2 Å². The van der Waals surface area contributed by atoms with Gasteiger partial charge in [-0.2, -0.15) is 0 Å². The molecule has 5 nitrogen and oxygen atoms in total. The zero-order valence-corrected chi connectivity index (χ0v) is 17.3. The van der Waals surface area contributed by atoms with Crippen LogP contribution in [0.2, 0.25) is 5.02 Å². The summed E-state index contributed by atoms with van der Waals surface area (Å²) in [6, 6.07) is 5.36. The van der Waals surface area contributed by atoms with Crippen LogP contribution in [0, 0.1) is 11.8 Å². The molecular weight excluding hydrogens is 403 g/mol. The lowest BCUT2D eigenvalue weighted by atomic mass is 9.92. The summed E-state index contributed by atoms with van der Waals surface area (Å²) in [7, 11) is 0. The van der Waals surface area contributed by atoms with Gasteiger partial charge < -0.3 is 20.1 Å². The van der Waals surface area contributed by atoms with Crippen LogP contribution in [0.5, 0.6) is 5.75 Å². The van der Waals surface area contributed by atoms with Gasteiger partial charge in [0.1, 0.15) is 5.75 Å². The lowest BCUT2D eigenvalue weighted by Gasteiger charge is -2.23. The van der Waals surface area contributed by atoms with Crippen LogP contribution in [0.25, 0.3) is 0 Å². The number of aliphatic hydroxyl groups is 2. The first-order valence-electron chi connectivity index (χ1n) is 9.62. The number of alkyl halides is 1. The Morgan fingerprint density at radius 2 is 2.04 bits per heavy atom. The molecule has 0 bridgehead atoms. The molecule has 0 aliphatic heterocycles. The van der Waals surface area contributed by atoms with E-state index in [0.717, 1.165) is 12.0 Å². The highest BCUT2D eigenvalue weighted by Gasteiger charge is 2.41. The smallest absolute Gasteiger partial charge is 0.303 e. The van der Waals surface area contributed by atoms with E-state index in [-0.39, 0.29) is 30.2 Å². The maximum absolute atomic E-state index is 10.5. The van der Waals surface area contributed by atoms with Gasteiger partial charge in [0.05, 0.1) is 12.7 Å². The van der Waals surface area contributed by atoms with Crippen LogP contribution in [0.15, 0.2) is 30.4 Å². The molecule has 0 saturated heterocycles. The number of hydrogen-bond donors (Lipinski definition) is 3. The highest BCUT2D eigenvalue weighted by Crippen LogP contribution is 2.39. The van der Waals surface area contributed by atoms with Gasteiger partial charge in [0.2, 0.25) is 0 Å². The molecule has 0 heterocycles. The number of rotatable bonds is 11. The number of benzene rings is 1. The molecule has 28 heavy (non-hydrogen) atoms. The molecule has 7 heteroatoms. The van der Waals surface area contributed by atoms with Crippen molar-refractivity contribution in [2.75, 3.05) is 13.2 Å². The lowest BCUT2D eigenvalue weighted by molar-refractivity contribution is -0.137. The molecule has 0 aromatic heterocycles. The van der Waals surface area contributed by atoms with Crippen LogP contribution in [-0.4, -0.2) is 46.0 Å². The molecular formula is C21H28Cl2O5. The van der Waals surface area contributed by atoms with E-state index < -0.39 is 12.1 Å². The number of aliphatic hydroxyl groups excluding tert-OH is 2. The predicted molar refractivity (Wildman–Crippen MR) is 110 cm³/mol. The first-order valence-corrected chi connectivity index (χ1v) is 10.4. The Labute approximate surface area is 175 Å². The van der Waals surface area contributed by atoms with E-state index in [0.29, 0.717) is 43.1 Å². The summed E-state index contributed by atoms with van der Waals surface area (Å²) in [5.74, 6) is -0.174. The molecule has 1 saturated carbocycles. The number of unbranched alkanes of at least 4 members (excludes halogenated alkanes) is 1. The number of halogens is 2. The average molecular weight is 431 g/mol.